The molecule has 0 heterocycles. The van der Waals surface area contributed by atoms with Crippen molar-refractivity contribution in [1.29, 1.82) is 0 Å². The third-order valence-electron chi connectivity index (χ3n) is 1.43. The molecule has 0 aliphatic rings. The Morgan fingerprint density at radius 1 is 1.19 bits per heavy atom. The second kappa shape index (κ2) is 8.35. The number of carbonyl (C=O) groups is 1. The van der Waals surface area contributed by atoms with E-state index in [1.807, 2.05) is 20.8 Å². The Morgan fingerprint density at radius 2 is 1.81 bits per heavy atom. The van der Waals surface area contributed by atoms with E-state index in [0.717, 1.165) is 0 Å². The van der Waals surface area contributed by atoms with Crippen LogP contribution in [0.15, 0.2) is 0 Å². The zero-order chi connectivity index (χ0) is 12.4. The Hall–Kier alpha value is -0.810. The van der Waals surface area contributed by atoms with Gasteiger partial charge in [-0.3, -0.25) is 0 Å². The molecule has 5 heteroatoms. The molecule has 1 radical (unpaired) electrons. The van der Waals surface area contributed by atoms with Gasteiger partial charge in [-0.25, -0.2) is 4.79 Å². The van der Waals surface area contributed by atoms with Crippen molar-refractivity contribution in [1.82, 2.24) is 5.32 Å². The number of hydrogen-bond donors (Lipinski definition) is 1. The fraction of sp³-hybridized carbons (Fsp3) is 0.818. The molecule has 95 valence electrons. The topological polar surface area (TPSA) is 56.8 Å². The quantitative estimate of drug-likeness (QED) is 0.674. The molecule has 1 amide bonds. The zero-order valence-electron chi connectivity index (χ0n) is 10.4. The summed E-state index contributed by atoms with van der Waals surface area (Å²) in [6.45, 7) is 11.3. The van der Waals surface area contributed by atoms with Gasteiger partial charge < -0.3 is 19.5 Å². The molecule has 0 aromatic heterocycles. The van der Waals surface area contributed by atoms with Gasteiger partial charge in [0.25, 0.3) is 0 Å². The second-order valence-electron chi connectivity index (χ2n) is 4.15. The SMILES string of the molecule is [CH2]COCCOCCNC(=O)OC(C)(C)C. The van der Waals surface area contributed by atoms with Gasteiger partial charge in [0.1, 0.15) is 5.60 Å². The Bertz CT molecular complexity index is 189. The highest BCUT2D eigenvalue weighted by atomic mass is 16.6. The monoisotopic (exact) mass is 232 g/mol. The van der Waals surface area contributed by atoms with E-state index in [9.17, 15) is 4.79 Å². The van der Waals surface area contributed by atoms with Crippen LogP contribution in [0.25, 0.3) is 0 Å². The average Bonchev–Trinajstić information content (AvgIpc) is 2.13. The maximum Gasteiger partial charge on any atom is 0.407 e. The summed E-state index contributed by atoms with van der Waals surface area (Å²) in [7, 11) is 0. The molecule has 1 N–H and O–H groups in total. The highest BCUT2D eigenvalue weighted by molar-refractivity contribution is 5.67. The lowest BCUT2D eigenvalue weighted by Crippen LogP contribution is -2.34. The molecule has 0 aromatic rings. The van der Waals surface area contributed by atoms with Crippen molar-refractivity contribution in [2.45, 2.75) is 26.4 Å². The van der Waals surface area contributed by atoms with Gasteiger partial charge in [-0.1, -0.05) is 0 Å². The van der Waals surface area contributed by atoms with Crippen LogP contribution in [0.4, 0.5) is 4.79 Å². The summed E-state index contributed by atoms with van der Waals surface area (Å²) >= 11 is 0. The number of ether oxygens (including phenoxy) is 3. The number of rotatable bonds is 7. The lowest BCUT2D eigenvalue weighted by Gasteiger charge is -2.19. The molecule has 0 atom stereocenters. The van der Waals surface area contributed by atoms with E-state index < -0.39 is 11.7 Å². The molecule has 0 aliphatic carbocycles. The molecule has 0 aliphatic heterocycles. The predicted molar refractivity (Wildman–Crippen MR) is 61.2 cm³/mol. The summed E-state index contributed by atoms with van der Waals surface area (Å²) in [5.41, 5.74) is -0.465. The van der Waals surface area contributed by atoms with Crippen LogP contribution in [0.2, 0.25) is 0 Å². The Labute approximate surface area is 97.4 Å². The van der Waals surface area contributed by atoms with Crippen molar-refractivity contribution >= 4 is 6.09 Å². The van der Waals surface area contributed by atoms with Crippen molar-refractivity contribution in [2.75, 3.05) is 33.0 Å². The molecule has 0 saturated heterocycles. The lowest BCUT2D eigenvalue weighted by atomic mass is 10.2. The van der Waals surface area contributed by atoms with Gasteiger partial charge in [0, 0.05) is 13.2 Å². The van der Waals surface area contributed by atoms with E-state index in [4.69, 9.17) is 14.2 Å². The van der Waals surface area contributed by atoms with E-state index in [-0.39, 0.29) is 0 Å². The summed E-state index contributed by atoms with van der Waals surface area (Å²) in [4.78, 5) is 11.2. The highest BCUT2D eigenvalue weighted by Gasteiger charge is 2.15. The first-order valence-corrected chi connectivity index (χ1v) is 5.37. The van der Waals surface area contributed by atoms with E-state index >= 15 is 0 Å². The van der Waals surface area contributed by atoms with Gasteiger partial charge in [-0.2, -0.15) is 0 Å². The maximum absolute atomic E-state index is 11.2. The number of hydrogen-bond acceptors (Lipinski definition) is 4. The number of amides is 1. The average molecular weight is 232 g/mol. The summed E-state index contributed by atoms with van der Waals surface area (Å²) in [5.74, 6) is 0. The standard InChI is InChI=1S/C11H22NO4/c1-5-14-8-9-15-7-6-12-10(13)16-11(2,3)4/h1,5-9H2,2-4H3,(H,12,13). The molecule has 0 aromatic carbocycles. The normalized spacial score (nSPS) is 11.2. The zero-order valence-corrected chi connectivity index (χ0v) is 10.4. The molecule has 0 rings (SSSR count). The van der Waals surface area contributed by atoms with Crippen molar-refractivity contribution in [2.24, 2.45) is 0 Å². The fourth-order valence-electron chi connectivity index (χ4n) is 0.861. The van der Waals surface area contributed by atoms with E-state index in [1.165, 1.54) is 0 Å². The van der Waals surface area contributed by atoms with Crippen molar-refractivity contribution in [3.05, 3.63) is 6.92 Å². The first-order chi connectivity index (χ1) is 7.45. The predicted octanol–water partition coefficient (Wildman–Crippen LogP) is 1.38. The fourth-order valence-corrected chi connectivity index (χ4v) is 0.861. The second-order valence-corrected chi connectivity index (χ2v) is 4.15. The largest absolute Gasteiger partial charge is 0.444 e. The van der Waals surface area contributed by atoms with Crippen LogP contribution in [0.5, 0.6) is 0 Å². The van der Waals surface area contributed by atoms with Gasteiger partial charge in [0.05, 0.1) is 19.8 Å². The Kier molecular flexibility index (Phi) is 7.93. The minimum atomic E-state index is -0.465. The minimum absolute atomic E-state index is 0.426. The summed E-state index contributed by atoms with van der Waals surface area (Å²) in [5, 5.41) is 2.59. The van der Waals surface area contributed by atoms with Crippen LogP contribution in [0.3, 0.4) is 0 Å². The van der Waals surface area contributed by atoms with Crippen molar-refractivity contribution in [3.8, 4) is 0 Å². The van der Waals surface area contributed by atoms with Crippen LogP contribution >= 0.6 is 0 Å². The molecular weight excluding hydrogens is 210 g/mol. The molecule has 0 saturated carbocycles. The van der Waals surface area contributed by atoms with Crippen LogP contribution in [0.1, 0.15) is 20.8 Å². The van der Waals surface area contributed by atoms with Crippen molar-refractivity contribution in [3.63, 3.8) is 0 Å². The van der Waals surface area contributed by atoms with Gasteiger partial charge >= 0.3 is 6.09 Å². The van der Waals surface area contributed by atoms with Crippen LogP contribution in [-0.4, -0.2) is 44.7 Å². The third kappa shape index (κ3) is 11.3. The minimum Gasteiger partial charge on any atom is -0.444 e. The molecule has 0 bridgehead atoms. The maximum atomic E-state index is 11.2. The van der Waals surface area contributed by atoms with Gasteiger partial charge in [0.15, 0.2) is 0 Å². The first kappa shape index (κ1) is 15.2. The molecule has 0 spiro atoms. The molecule has 0 fully saturated rings. The van der Waals surface area contributed by atoms with Gasteiger partial charge in [0.2, 0.25) is 0 Å². The number of nitrogens with one attached hydrogen (secondary N) is 1. The van der Waals surface area contributed by atoms with Crippen LogP contribution in [0, 0.1) is 6.92 Å². The summed E-state index contributed by atoms with van der Waals surface area (Å²) < 4.78 is 15.2. The third-order valence-corrected chi connectivity index (χ3v) is 1.43. The van der Waals surface area contributed by atoms with E-state index in [2.05, 4.69) is 12.2 Å². The highest BCUT2D eigenvalue weighted by Crippen LogP contribution is 2.05. The van der Waals surface area contributed by atoms with E-state index in [0.29, 0.717) is 33.0 Å². The van der Waals surface area contributed by atoms with E-state index in [1.54, 1.807) is 0 Å². The number of alkyl carbamates (subject to hydrolysis) is 1. The Balaban J connectivity index is 3.28. The lowest BCUT2D eigenvalue weighted by molar-refractivity contribution is 0.0437. The first-order valence-electron chi connectivity index (χ1n) is 5.37. The molecule has 0 unspecified atom stereocenters. The van der Waals surface area contributed by atoms with Gasteiger partial charge in [-0.15, -0.1) is 0 Å². The number of carbonyl (C=O) groups excluding carboxylic acids is 1. The summed E-state index contributed by atoms with van der Waals surface area (Å²) in [6, 6.07) is 0. The van der Waals surface area contributed by atoms with Crippen LogP contribution < -0.4 is 5.32 Å². The molecular formula is C11H22NO4. The smallest absolute Gasteiger partial charge is 0.407 e. The van der Waals surface area contributed by atoms with Crippen LogP contribution in [-0.2, 0) is 14.2 Å². The van der Waals surface area contributed by atoms with Crippen molar-refractivity contribution < 1.29 is 19.0 Å². The van der Waals surface area contributed by atoms with Gasteiger partial charge in [-0.05, 0) is 27.7 Å². The molecule has 5 nitrogen and oxygen atoms in total. The molecule has 16 heavy (non-hydrogen) atoms. The Morgan fingerprint density at radius 3 is 2.38 bits per heavy atom. The summed E-state index contributed by atoms with van der Waals surface area (Å²) in [6.07, 6.45) is -0.426.